The van der Waals surface area contributed by atoms with E-state index in [1.54, 1.807) is 11.1 Å². The van der Waals surface area contributed by atoms with Crippen molar-refractivity contribution in [2.24, 2.45) is 0 Å². The van der Waals surface area contributed by atoms with Crippen LogP contribution in [-0.2, 0) is 6.54 Å². The molecule has 0 atom stereocenters. The predicted octanol–water partition coefficient (Wildman–Crippen LogP) is 4.49. The smallest absolute Gasteiger partial charge is 0.330 e. The minimum atomic E-state index is -0.958. The quantitative estimate of drug-likeness (QED) is 0.394. The molecule has 1 aliphatic carbocycles. The van der Waals surface area contributed by atoms with Crippen LogP contribution >= 0.6 is 0 Å². The number of carbonyl (C=O) groups excluding carboxylic acids is 1. The molecule has 2 fully saturated rings. The van der Waals surface area contributed by atoms with Crippen LogP contribution in [0.25, 0.3) is 0 Å². The van der Waals surface area contributed by atoms with Gasteiger partial charge in [0, 0.05) is 56.6 Å². The average molecular weight is 574 g/mol. The zero-order valence-electron chi connectivity index (χ0n) is 24.3. The maximum absolute atomic E-state index is 15.4. The largest absolute Gasteiger partial charge is 0.493 e. The number of rotatable bonds is 11. The first-order valence-electron chi connectivity index (χ1n) is 14.6. The van der Waals surface area contributed by atoms with Gasteiger partial charge in [0.1, 0.15) is 11.5 Å². The zero-order valence-corrected chi connectivity index (χ0v) is 24.3. The molecule has 0 unspecified atom stereocenters. The molecule has 0 bridgehead atoms. The summed E-state index contributed by atoms with van der Waals surface area (Å²) in [5.41, 5.74) is 0.119. The van der Waals surface area contributed by atoms with Crippen LogP contribution in [-0.4, -0.2) is 92.4 Å². The lowest BCUT2D eigenvalue weighted by Crippen LogP contribution is -2.52. The second-order valence-corrected chi connectivity index (χ2v) is 11.1. The number of ether oxygens (including phenoxy) is 2. The van der Waals surface area contributed by atoms with E-state index in [0.29, 0.717) is 17.3 Å². The van der Waals surface area contributed by atoms with Crippen LogP contribution in [0.2, 0.25) is 0 Å². The fourth-order valence-corrected chi connectivity index (χ4v) is 5.95. The number of anilines is 3. The van der Waals surface area contributed by atoms with Gasteiger partial charge >= 0.3 is 6.03 Å². The molecule has 224 valence electrons. The lowest BCUT2D eigenvalue weighted by Gasteiger charge is -2.39. The highest BCUT2D eigenvalue weighted by atomic mass is 19.1. The van der Waals surface area contributed by atoms with E-state index >= 15 is 8.78 Å². The number of piperazine rings is 1. The third kappa shape index (κ3) is 6.33. The van der Waals surface area contributed by atoms with E-state index in [1.165, 1.54) is 14.2 Å². The summed E-state index contributed by atoms with van der Waals surface area (Å²) >= 11 is 0. The van der Waals surface area contributed by atoms with Crippen molar-refractivity contribution in [2.75, 3.05) is 75.7 Å². The maximum atomic E-state index is 15.4. The predicted molar refractivity (Wildman–Crippen MR) is 154 cm³/mol. The Labute approximate surface area is 240 Å². The van der Waals surface area contributed by atoms with Gasteiger partial charge in [-0.25, -0.2) is 18.6 Å². The van der Waals surface area contributed by atoms with Crippen molar-refractivity contribution < 1.29 is 23.0 Å². The minimum absolute atomic E-state index is 0.0753. The van der Waals surface area contributed by atoms with Crippen molar-refractivity contribution in [3.63, 3.8) is 0 Å². The number of nitrogens with one attached hydrogen (secondary N) is 1. The monoisotopic (exact) mass is 573 g/mol. The van der Waals surface area contributed by atoms with Crippen molar-refractivity contribution in [1.82, 2.24) is 19.8 Å². The summed E-state index contributed by atoms with van der Waals surface area (Å²) in [5.74, 6) is -1.37. The van der Waals surface area contributed by atoms with E-state index in [9.17, 15) is 4.79 Å². The molecule has 1 N–H and O–H groups in total. The van der Waals surface area contributed by atoms with Gasteiger partial charge in [0.25, 0.3) is 0 Å². The third-order valence-corrected chi connectivity index (χ3v) is 8.38. The molecule has 3 aliphatic rings. The van der Waals surface area contributed by atoms with Gasteiger partial charge in [0.05, 0.1) is 20.8 Å². The number of fused-ring (bicyclic) bond motifs is 1. The number of likely N-dealkylation sites (N-methyl/N-ethyl adjacent to an activating group) is 1. The fraction of sp³-hybridized carbons (Fsp3) is 0.621. The van der Waals surface area contributed by atoms with Gasteiger partial charge in [-0.15, -0.1) is 0 Å². The fourth-order valence-electron chi connectivity index (χ4n) is 5.95. The Bertz CT molecular complexity index is 1190. The Morgan fingerprint density at radius 2 is 1.68 bits per heavy atom. The van der Waals surface area contributed by atoms with E-state index in [-0.39, 0.29) is 24.1 Å². The molecule has 0 spiro atoms. The number of carbonyl (C=O) groups is 1. The van der Waals surface area contributed by atoms with Gasteiger partial charge in [-0.05, 0) is 39.3 Å². The first kappa shape index (κ1) is 29.2. The Morgan fingerprint density at radius 3 is 2.34 bits per heavy atom. The number of benzene rings is 1. The molecule has 5 rings (SSSR count). The highest BCUT2D eigenvalue weighted by Gasteiger charge is 2.41. The lowest BCUT2D eigenvalue weighted by molar-refractivity contribution is 0.152. The van der Waals surface area contributed by atoms with Crippen molar-refractivity contribution in [3.05, 3.63) is 29.5 Å². The normalized spacial score (nSPS) is 18.6. The molecule has 2 aliphatic heterocycles. The number of amides is 2. The van der Waals surface area contributed by atoms with Crippen molar-refractivity contribution in [2.45, 2.75) is 57.5 Å². The van der Waals surface area contributed by atoms with E-state index in [0.717, 1.165) is 95.2 Å². The van der Waals surface area contributed by atoms with Crippen molar-refractivity contribution >= 4 is 23.5 Å². The van der Waals surface area contributed by atoms with Crippen LogP contribution in [0, 0.1) is 11.6 Å². The van der Waals surface area contributed by atoms with Crippen LogP contribution in [0.4, 0.5) is 31.0 Å². The molecule has 1 saturated carbocycles. The highest BCUT2D eigenvalue weighted by molar-refractivity contribution is 6.06. The van der Waals surface area contributed by atoms with Crippen LogP contribution < -0.4 is 24.6 Å². The maximum Gasteiger partial charge on any atom is 0.330 e. The molecule has 12 heteroatoms. The number of methoxy groups -OCH3 is 2. The summed E-state index contributed by atoms with van der Waals surface area (Å²) in [7, 11) is 4.74. The van der Waals surface area contributed by atoms with E-state index in [1.807, 2.05) is 0 Å². The van der Waals surface area contributed by atoms with Gasteiger partial charge in [0.2, 0.25) is 5.95 Å². The summed E-state index contributed by atoms with van der Waals surface area (Å²) in [6.45, 7) is 6.31. The second-order valence-electron chi connectivity index (χ2n) is 11.1. The standard InChI is InChI=1S/C29H41F2N7O3/c1-35-13-15-36(16-14-35)12-8-4-7-11-32-28-33-18-20-19-37(26-24(30)22(40-2)17-23(41-3)25(26)31)29(39)38(27(20)34-28)21-9-5-6-10-21/h17-18,21H,4-16,19H2,1-3H3,(H,32,33,34). The molecular weight excluding hydrogens is 532 g/mol. The Hall–Kier alpha value is -3.25. The molecule has 1 aromatic carbocycles. The van der Waals surface area contributed by atoms with Gasteiger partial charge in [-0.3, -0.25) is 9.80 Å². The van der Waals surface area contributed by atoms with Crippen molar-refractivity contribution in [1.29, 1.82) is 0 Å². The number of urea groups is 1. The molecule has 1 aromatic heterocycles. The SMILES string of the molecule is COc1cc(OC)c(F)c(N2Cc3cnc(NCCCCCN4CCN(C)CC4)nc3N(C3CCCC3)C2=O)c1F. The second kappa shape index (κ2) is 13.2. The van der Waals surface area contributed by atoms with Gasteiger partial charge in [-0.2, -0.15) is 4.98 Å². The van der Waals surface area contributed by atoms with Crippen LogP contribution in [0.5, 0.6) is 11.5 Å². The van der Waals surface area contributed by atoms with E-state index in [4.69, 9.17) is 14.5 Å². The summed E-state index contributed by atoms with van der Waals surface area (Å²) in [6, 6.07) is 0.504. The summed E-state index contributed by atoms with van der Waals surface area (Å²) < 4.78 is 41.1. The van der Waals surface area contributed by atoms with E-state index < -0.39 is 23.4 Å². The molecule has 1 saturated heterocycles. The Morgan fingerprint density at radius 1 is 1.00 bits per heavy atom. The van der Waals surface area contributed by atoms with Gasteiger partial charge in [-0.1, -0.05) is 19.3 Å². The number of halogens is 2. The first-order valence-corrected chi connectivity index (χ1v) is 14.6. The highest BCUT2D eigenvalue weighted by Crippen LogP contribution is 2.42. The number of unbranched alkanes of at least 4 members (excludes halogenated alkanes) is 2. The molecular formula is C29H41F2N7O3. The lowest BCUT2D eigenvalue weighted by atomic mass is 10.1. The third-order valence-electron chi connectivity index (χ3n) is 8.38. The minimum Gasteiger partial charge on any atom is -0.493 e. The number of hydrogen-bond acceptors (Lipinski definition) is 8. The Balaban J connectivity index is 1.30. The summed E-state index contributed by atoms with van der Waals surface area (Å²) in [6.07, 6.45) is 8.44. The van der Waals surface area contributed by atoms with Gasteiger partial charge in [0.15, 0.2) is 23.1 Å². The Kier molecular flexibility index (Phi) is 9.39. The van der Waals surface area contributed by atoms with E-state index in [2.05, 4.69) is 27.1 Å². The molecule has 10 nitrogen and oxygen atoms in total. The average Bonchev–Trinajstić information content (AvgIpc) is 3.51. The summed E-state index contributed by atoms with van der Waals surface area (Å²) in [5, 5.41) is 3.31. The number of nitrogens with zero attached hydrogens (tertiary/aromatic N) is 6. The van der Waals surface area contributed by atoms with Crippen LogP contribution in [0.3, 0.4) is 0 Å². The molecule has 0 radical (unpaired) electrons. The first-order chi connectivity index (χ1) is 19.9. The zero-order chi connectivity index (χ0) is 28.9. The van der Waals surface area contributed by atoms with Crippen LogP contribution in [0.15, 0.2) is 12.3 Å². The molecule has 3 heterocycles. The van der Waals surface area contributed by atoms with Gasteiger partial charge < -0.3 is 24.6 Å². The number of aromatic nitrogens is 2. The molecule has 2 aromatic rings. The molecule has 41 heavy (non-hydrogen) atoms. The van der Waals surface area contributed by atoms with Crippen molar-refractivity contribution in [3.8, 4) is 11.5 Å². The molecule has 2 amide bonds. The topological polar surface area (TPSA) is 86.3 Å². The summed E-state index contributed by atoms with van der Waals surface area (Å²) in [4.78, 5) is 30.7. The van der Waals surface area contributed by atoms with Crippen LogP contribution in [0.1, 0.15) is 50.5 Å². The number of hydrogen-bond donors (Lipinski definition) is 1.